The van der Waals surface area contributed by atoms with Crippen LogP contribution in [0.2, 0.25) is 0 Å². The van der Waals surface area contributed by atoms with Gasteiger partial charge in [-0.25, -0.2) is 0 Å². The molecule has 18 heavy (non-hydrogen) atoms. The number of allylic oxidation sites excluding steroid dienone is 2. The van der Waals surface area contributed by atoms with E-state index in [9.17, 15) is 0 Å². The lowest BCUT2D eigenvalue weighted by Crippen LogP contribution is -2.22. The molecule has 0 aromatic heterocycles. The molecule has 0 bridgehead atoms. The van der Waals surface area contributed by atoms with Gasteiger partial charge < -0.3 is 5.23 Å². The molecular formula is C14H20BNS2. The van der Waals surface area contributed by atoms with Gasteiger partial charge in [0.15, 0.2) is 0 Å². The van der Waals surface area contributed by atoms with Gasteiger partial charge in [0.1, 0.15) is 0 Å². The summed E-state index contributed by atoms with van der Waals surface area (Å²) >= 11 is 0. The predicted molar refractivity (Wildman–Crippen MR) is 88.1 cm³/mol. The Morgan fingerprint density at radius 3 is 2.33 bits per heavy atom. The minimum absolute atomic E-state index is 0.440. The fraction of sp³-hybridized carbons (Fsp3) is 0.429. The summed E-state index contributed by atoms with van der Waals surface area (Å²) in [5.41, 5.74) is 5.55. The van der Waals surface area contributed by atoms with Crippen LogP contribution in [0.25, 0.3) is 0 Å². The summed E-state index contributed by atoms with van der Waals surface area (Å²) in [4.78, 5) is 1.56. The monoisotopic (exact) mass is 277 g/mol. The van der Waals surface area contributed by atoms with Crippen molar-refractivity contribution in [2.75, 3.05) is 5.23 Å². The summed E-state index contributed by atoms with van der Waals surface area (Å²) in [5.74, 6) is 0. The van der Waals surface area contributed by atoms with Gasteiger partial charge in [-0.2, -0.15) is 0 Å². The Hall–Kier alpha value is -0.475. The first kappa shape index (κ1) is 13.9. The van der Waals surface area contributed by atoms with Crippen LogP contribution in [0.3, 0.4) is 0 Å². The fourth-order valence-electron chi connectivity index (χ4n) is 2.32. The van der Waals surface area contributed by atoms with Crippen molar-refractivity contribution < 1.29 is 0 Å². The standard InChI is InChI=1S/C14H20BNS2/c1-5-12-13(6-2)17-18-15(12)16-14-10(3)8-7-9-11(14)4/h7-9,16H,5-6H2,1-4H3. The van der Waals surface area contributed by atoms with Crippen LogP contribution in [0.4, 0.5) is 5.69 Å². The van der Waals surface area contributed by atoms with E-state index in [1.54, 1.807) is 10.4 Å². The lowest BCUT2D eigenvalue weighted by atomic mass is 9.76. The van der Waals surface area contributed by atoms with E-state index in [-0.39, 0.29) is 0 Å². The number of anilines is 1. The molecule has 0 fully saturated rings. The molecule has 96 valence electrons. The van der Waals surface area contributed by atoms with E-state index in [4.69, 9.17) is 0 Å². The molecule has 1 heterocycles. The van der Waals surface area contributed by atoms with Gasteiger partial charge in [0.05, 0.1) is 0 Å². The maximum atomic E-state index is 3.73. The van der Waals surface area contributed by atoms with Crippen molar-refractivity contribution in [3.63, 3.8) is 0 Å². The van der Waals surface area contributed by atoms with Crippen LogP contribution >= 0.6 is 21.4 Å². The molecule has 0 aliphatic carbocycles. The molecule has 0 saturated heterocycles. The molecule has 0 unspecified atom stereocenters. The van der Waals surface area contributed by atoms with Crippen LogP contribution in [0.15, 0.2) is 28.6 Å². The molecule has 1 aromatic rings. The average Bonchev–Trinajstić information content (AvgIpc) is 2.75. The molecule has 0 saturated carbocycles. The Labute approximate surface area is 119 Å². The smallest absolute Gasteiger partial charge is 0.363 e. The summed E-state index contributed by atoms with van der Waals surface area (Å²) in [5, 5.41) is 3.73. The third-order valence-corrected chi connectivity index (χ3v) is 6.29. The Morgan fingerprint density at radius 2 is 1.78 bits per heavy atom. The number of nitrogens with one attached hydrogen (secondary N) is 1. The number of benzene rings is 1. The summed E-state index contributed by atoms with van der Waals surface area (Å²) < 4.78 is 0. The van der Waals surface area contributed by atoms with Gasteiger partial charge in [-0.3, -0.25) is 0 Å². The molecule has 0 radical (unpaired) electrons. The first-order valence-corrected chi connectivity index (χ1v) is 8.76. The van der Waals surface area contributed by atoms with E-state index in [0.29, 0.717) is 6.13 Å². The second kappa shape index (κ2) is 6.11. The minimum atomic E-state index is 0.440. The van der Waals surface area contributed by atoms with Crippen molar-refractivity contribution in [2.45, 2.75) is 40.5 Å². The van der Waals surface area contributed by atoms with Crippen molar-refractivity contribution in [1.82, 2.24) is 0 Å². The van der Waals surface area contributed by atoms with Crippen molar-refractivity contribution in [1.29, 1.82) is 0 Å². The molecule has 4 heteroatoms. The maximum Gasteiger partial charge on any atom is 0.363 e. The van der Waals surface area contributed by atoms with Crippen molar-refractivity contribution in [3.05, 3.63) is 39.7 Å². The molecule has 1 aliphatic heterocycles. The predicted octanol–water partition coefficient (Wildman–Crippen LogP) is 5.21. The van der Waals surface area contributed by atoms with E-state index < -0.39 is 0 Å². The Balaban J connectivity index is 2.23. The summed E-state index contributed by atoms with van der Waals surface area (Å²) in [6.07, 6.45) is 2.74. The van der Waals surface area contributed by atoms with Crippen LogP contribution in [0, 0.1) is 13.8 Å². The first-order chi connectivity index (χ1) is 8.67. The average molecular weight is 277 g/mol. The molecule has 0 spiro atoms. The summed E-state index contributed by atoms with van der Waals surface area (Å²) in [6, 6.07) is 6.48. The van der Waals surface area contributed by atoms with Crippen LogP contribution in [-0.2, 0) is 0 Å². The van der Waals surface area contributed by atoms with Crippen LogP contribution in [0.1, 0.15) is 37.8 Å². The second-order valence-corrected chi connectivity index (χ2v) is 7.03. The molecular weight excluding hydrogens is 257 g/mol. The van der Waals surface area contributed by atoms with E-state index in [2.05, 4.69) is 51.1 Å². The SMILES string of the molecule is CCC1=C(CC)B(Nc2c(C)cccc2C)SS1. The van der Waals surface area contributed by atoms with E-state index in [1.807, 2.05) is 21.4 Å². The Morgan fingerprint density at radius 1 is 1.11 bits per heavy atom. The van der Waals surface area contributed by atoms with Crippen LogP contribution in [-0.4, -0.2) is 6.13 Å². The molecule has 0 amide bonds. The molecule has 1 aromatic carbocycles. The molecule has 1 nitrogen and oxygen atoms in total. The van der Waals surface area contributed by atoms with E-state index >= 15 is 0 Å². The maximum absolute atomic E-state index is 3.73. The zero-order chi connectivity index (χ0) is 13.1. The highest BCUT2D eigenvalue weighted by Crippen LogP contribution is 2.47. The highest BCUT2D eigenvalue weighted by Gasteiger charge is 2.30. The van der Waals surface area contributed by atoms with Crippen molar-refractivity contribution >= 4 is 33.3 Å². The van der Waals surface area contributed by atoms with Gasteiger partial charge in [-0.05, 0) is 42.7 Å². The van der Waals surface area contributed by atoms with Crippen molar-refractivity contribution in [3.8, 4) is 0 Å². The number of rotatable bonds is 4. The van der Waals surface area contributed by atoms with Gasteiger partial charge in [0.25, 0.3) is 0 Å². The Bertz CT molecular complexity index is 451. The topological polar surface area (TPSA) is 12.0 Å². The molecule has 0 atom stereocenters. The molecule has 1 aliphatic rings. The van der Waals surface area contributed by atoms with Crippen molar-refractivity contribution in [2.24, 2.45) is 0 Å². The summed E-state index contributed by atoms with van der Waals surface area (Å²) in [6.45, 7) is 8.87. The van der Waals surface area contributed by atoms with Crippen LogP contribution in [0.5, 0.6) is 0 Å². The van der Waals surface area contributed by atoms with E-state index in [1.165, 1.54) is 16.8 Å². The number of hydrogen-bond donors (Lipinski definition) is 1. The fourth-order valence-corrected chi connectivity index (χ4v) is 5.49. The van der Waals surface area contributed by atoms with Gasteiger partial charge >= 0.3 is 6.13 Å². The second-order valence-electron chi connectivity index (χ2n) is 4.63. The van der Waals surface area contributed by atoms with Crippen LogP contribution < -0.4 is 5.23 Å². The normalized spacial score (nSPS) is 15.4. The number of hydrogen-bond acceptors (Lipinski definition) is 3. The molecule has 2 rings (SSSR count). The van der Waals surface area contributed by atoms with Gasteiger partial charge in [0, 0.05) is 5.69 Å². The minimum Gasteiger partial charge on any atom is -0.414 e. The Kier molecular flexibility index (Phi) is 4.74. The summed E-state index contributed by atoms with van der Waals surface area (Å²) in [7, 11) is 3.90. The van der Waals surface area contributed by atoms with E-state index in [0.717, 1.165) is 12.8 Å². The third kappa shape index (κ3) is 2.75. The highest BCUT2D eigenvalue weighted by atomic mass is 33.1. The van der Waals surface area contributed by atoms with Gasteiger partial charge in [-0.15, -0.1) is 10.6 Å². The zero-order valence-electron chi connectivity index (χ0n) is 11.5. The first-order valence-electron chi connectivity index (χ1n) is 6.55. The quantitative estimate of drug-likeness (QED) is 0.599. The number of para-hydroxylation sites is 1. The van der Waals surface area contributed by atoms with Gasteiger partial charge in [-0.1, -0.05) is 48.3 Å². The number of aryl methyl sites for hydroxylation is 2. The molecule has 1 N–H and O–H groups in total. The van der Waals surface area contributed by atoms with Gasteiger partial charge in [0.2, 0.25) is 0 Å². The third-order valence-electron chi connectivity index (χ3n) is 3.38. The zero-order valence-corrected chi connectivity index (χ0v) is 13.2. The lowest BCUT2D eigenvalue weighted by molar-refractivity contribution is 1.11. The highest BCUT2D eigenvalue weighted by molar-refractivity contribution is 8.88. The lowest BCUT2D eigenvalue weighted by Gasteiger charge is -2.17. The largest absolute Gasteiger partial charge is 0.414 e.